The molecule has 4 nitrogen and oxygen atoms in total. The third kappa shape index (κ3) is 19.4. The van der Waals surface area contributed by atoms with Crippen molar-refractivity contribution in [2.45, 2.75) is 86.5 Å². The Morgan fingerprint density at radius 2 is 1.00 bits per heavy atom. The molecule has 0 aliphatic rings. The molecule has 148 valence electrons. The predicted molar refractivity (Wildman–Crippen MR) is 103 cm³/mol. The topological polar surface area (TPSA) is 52.6 Å². The molecule has 0 atom stereocenters. The van der Waals surface area contributed by atoms with Gasteiger partial charge in [0.1, 0.15) is 11.6 Å². The van der Waals surface area contributed by atoms with Crippen LogP contribution in [0, 0.1) is 10.8 Å². The quantitative estimate of drug-likeness (QED) is 0.325. The van der Waals surface area contributed by atoms with Gasteiger partial charge in [0.25, 0.3) is 0 Å². The number of hydrogen-bond donors (Lipinski definition) is 0. The van der Waals surface area contributed by atoms with Gasteiger partial charge in [-0.3, -0.25) is 9.59 Å². The summed E-state index contributed by atoms with van der Waals surface area (Å²) in [7, 11) is 0. The molecule has 0 fully saturated rings. The minimum absolute atomic E-state index is 0.0260. The number of rotatable bonds is 14. The first-order valence-corrected chi connectivity index (χ1v) is 9.68. The first-order valence-electron chi connectivity index (χ1n) is 9.68. The Labute approximate surface area is 155 Å². The van der Waals surface area contributed by atoms with Crippen molar-refractivity contribution in [1.29, 1.82) is 0 Å². The Morgan fingerprint density at radius 1 is 0.640 bits per heavy atom. The Bertz CT molecular complexity index is 338. The summed E-state index contributed by atoms with van der Waals surface area (Å²) in [4.78, 5) is 23.6. The molecule has 0 N–H and O–H groups in total. The molecule has 0 aromatic rings. The molecule has 0 saturated heterocycles. The molecule has 25 heavy (non-hydrogen) atoms. The lowest BCUT2D eigenvalue weighted by molar-refractivity contribution is -0.127. The fraction of sp³-hybridized carbons (Fsp3) is 0.905. The van der Waals surface area contributed by atoms with Gasteiger partial charge in [-0.05, 0) is 36.5 Å². The summed E-state index contributed by atoms with van der Waals surface area (Å²) in [5.74, 6) is 0.0520. The molecule has 0 bridgehead atoms. The van der Waals surface area contributed by atoms with Crippen LogP contribution < -0.4 is 0 Å². The van der Waals surface area contributed by atoms with Crippen LogP contribution in [-0.2, 0) is 19.1 Å². The Hall–Kier alpha value is -0.740. The Kier molecular flexibility index (Phi) is 12.2. The van der Waals surface area contributed by atoms with Gasteiger partial charge in [-0.2, -0.15) is 0 Å². The predicted octanol–water partition coefficient (Wildman–Crippen LogP) is 4.98. The third-order valence-electron chi connectivity index (χ3n) is 3.88. The minimum atomic E-state index is 0.0260. The van der Waals surface area contributed by atoms with Gasteiger partial charge >= 0.3 is 0 Å². The summed E-state index contributed by atoms with van der Waals surface area (Å²) in [6, 6.07) is 0. The van der Waals surface area contributed by atoms with E-state index in [1.807, 2.05) is 0 Å². The second-order valence-electron chi connectivity index (χ2n) is 9.31. The summed E-state index contributed by atoms with van der Waals surface area (Å²) in [5.41, 5.74) is 0.553. The van der Waals surface area contributed by atoms with Crippen LogP contribution in [0.2, 0.25) is 0 Å². The molecular formula is C21H40O4. The van der Waals surface area contributed by atoms with Crippen molar-refractivity contribution in [3.63, 3.8) is 0 Å². The molecule has 0 unspecified atom stereocenters. The molecule has 0 aliphatic carbocycles. The normalized spacial score (nSPS) is 12.4. The molecule has 0 radical (unpaired) electrons. The summed E-state index contributed by atoms with van der Waals surface area (Å²) in [6.45, 7) is 15.7. The SMILES string of the molecule is CC(C)(C)CCOCCCC(=O)CC(=O)CCCOCCC(C)(C)C. The summed E-state index contributed by atoms with van der Waals surface area (Å²) >= 11 is 0. The maximum Gasteiger partial charge on any atom is 0.140 e. The number of carbonyl (C=O) groups excluding carboxylic acids is 2. The maximum absolute atomic E-state index is 11.8. The fourth-order valence-electron chi connectivity index (χ4n) is 2.10. The highest BCUT2D eigenvalue weighted by Crippen LogP contribution is 2.18. The van der Waals surface area contributed by atoms with Gasteiger partial charge in [0, 0.05) is 39.3 Å². The van der Waals surface area contributed by atoms with E-state index in [0.29, 0.717) is 38.9 Å². The van der Waals surface area contributed by atoms with Crippen molar-refractivity contribution < 1.29 is 19.1 Å². The number of carbonyl (C=O) groups is 2. The number of ether oxygens (including phenoxy) is 2. The van der Waals surface area contributed by atoms with Gasteiger partial charge in [-0.15, -0.1) is 0 Å². The minimum Gasteiger partial charge on any atom is -0.381 e. The van der Waals surface area contributed by atoms with Gasteiger partial charge in [-0.1, -0.05) is 41.5 Å². The zero-order chi connectivity index (χ0) is 19.3. The van der Waals surface area contributed by atoms with Crippen LogP contribution in [0.4, 0.5) is 0 Å². The zero-order valence-corrected chi connectivity index (χ0v) is 17.4. The van der Waals surface area contributed by atoms with Gasteiger partial charge < -0.3 is 9.47 Å². The lowest BCUT2D eigenvalue weighted by Gasteiger charge is -2.17. The van der Waals surface area contributed by atoms with Crippen LogP contribution in [0.3, 0.4) is 0 Å². The second-order valence-corrected chi connectivity index (χ2v) is 9.31. The highest BCUT2D eigenvalue weighted by atomic mass is 16.5. The van der Waals surface area contributed by atoms with Gasteiger partial charge in [0.2, 0.25) is 0 Å². The van der Waals surface area contributed by atoms with E-state index in [1.165, 1.54) is 0 Å². The molecule has 0 rings (SSSR count). The van der Waals surface area contributed by atoms with Crippen LogP contribution in [0.5, 0.6) is 0 Å². The maximum atomic E-state index is 11.8. The van der Waals surface area contributed by atoms with E-state index in [1.54, 1.807) is 0 Å². The van der Waals surface area contributed by atoms with Crippen molar-refractivity contribution in [1.82, 2.24) is 0 Å². The fourth-order valence-corrected chi connectivity index (χ4v) is 2.10. The van der Waals surface area contributed by atoms with E-state index in [0.717, 1.165) is 26.1 Å². The summed E-state index contributed by atoms with van der Waals surface area (Å²) in [5, 5.41) is 0. The van der Waals surface area contributed by atoms with Gasteiger partial charge in [0.15, 0.2) is 0 Å². The smallest absolute Gasteiger partial charge is 0.140 e. The molecule has 0 spiro atoms. The van der Waals surface area contributed by atoms with Crippen molar-refractivity contribution in [3.05, 3.63) is 0 Å². The highest BCUT2D eigenvalue weighted by Gasteiger charge is 2.12. The van der Waals surface area contributed by atoms with Gasteiger partial charge in [-0.25, -0.2) is 0 Å². The molecule has 0 saturated carbocycles. The lowest BCUT2D eigenvalue weighted by atomic mass is 9.93. The second kappa shape index (κ2) is 12.6. The van der Waals surface area contributed by atoms with Crippen LogP contribution >= 0.6 is 0 Å². The standard InChI is InChI=1S/C21H40O4/c1-20(2,3)11-15-24-13-7-9-18(22)17-19(23)10-8-14-25-16-12-21(4,5)6/h7-17H2,1-6H3. The molecule has 0 amide bonds. The summed E-state index contributed by atoms with van der Waals surface area (Å²) in [6.07, 6.45) is 4.35. The van der Waals surface area contributed by atoms with Crippen molar-refractivity contribution in [2.24, 2.45) is 10.8 Å². The Balaban J connectivity index is 3.52. The van der Waals surface area contributed by atoms with E-state index < -0.39 is 0 Å². The molecular weight excluding hydrogens is 316 g/mol. The van der Waals surface area contributed by atoms with Crippen LogP contribution in [0.15, 0.2) is 0 Å². The average molecular weight is 357 g/mol. The highest BCUT2D eigenvalue weighted by molar-refractivity contribution is 5.98. The van der Waals surface area contributed by atoms with E-state index in [2.05, 4.69) is 41.5 Å². The van der Waals surface area contributed by atoms with Gasteiger partial charge in [0.05, 0.1) is 6.42 Å². The number of ketones is 2. The monoisotopic (exact) mass is 356 g/mol. The summed E-state index contributed by atoms with van der Waals surface area (Å²) < 4.78 is 11.1. The largest absolute Gasteiger partial charge is 0.381 e. The number of hydrogen-bond acceptors (Lipinski definition) is 4. The molecule has 0 heterocycles. The number of Topliss-reactive ketones (excluding diaryl/α,β-unsaturated/α-hetero) is 2. The van der Waals surface area contributed by atoms with Crippen molar-refractivity contribution in [3.8, 4) is 0 Å². The molecule has 0 aliphatic heterocycles. The molecule has 4 heteroatoms. The molecule has 0 aromatic carbocycles. The van der Waals surface area contributed by atoms with Crippen LogP contribution in [0.25, 0.3) is 0 Å². The third-order valence-corrected chi connectivity index (χ3v) is 3.88. The van der Waals surface area contributed by atoms with Crippen molar-refractivity contribution >= 4 is 11.6 Å². The van der Waals surface area contributed by atoms with E-state index in [4.69, 9.17) is 9.47 Å². The molecule has 0 aromatic heterocycles. The van der Waals surface area contributed by atoms with Crippen LogP contribution in [-0.4, -0.2) is 38.0 Å². The average Bonchev–Trinajstić information content (AvgIpc) is 2.44. The van der Waals surface area contributed by atoms with E-state index in [-0.39, 0.29) is 28.8 Å². The first-order chi connectivity index (χ1) is 11.5. The van der Waals surface area contributed by atoms with Crippen molar-refractivity contribution in [2.75, 3.05) is 26.4 Å². The van der Waals surface area contributed by atoms with Crippen LogP contribution in [0.1, 0.15) is 86.5 Å². The lowest BCUT2D eigenvalue weighted by Crippen LogP contribution is -2.12. The van der Waals surface area contributed by atoms with E-state index in [9.17, 15) is 9.59 Å². The zero-order valence-electron chi connectivity index (χ0n) is 17.4. The Morgan fingerprint density at radius 3 is 1.32 bits per heavy atom. The first kappa shape index (κ1) is 24.3. The van der Waals surface area contributed by atoms with E-state index >= 15 is 0 Å².